The number of piperidine rings is 1. The van der Waals surface area contributed by atoms with Crippen LogP contribution in [0.2, 0.25) is 0 Å². The second kappa shape index (κ2) is 4.47. The van der Waals surface area contributed by atoms with Crippen molar-refractivity contribution in [1.29, 1.82) is 5.41 Å². The summed E-state index contributed by atoms with van der Waals surface area (Å²) in [5, 5.41) is 12.0. The molecular formula is C11H18N4. The molecule has 0 unspecified atom stereocenters. The smallest absolute Gasteiger partial charge is 0.0957 e. The van der Waals surface area contributed by atoms with Gasteiger partial charge in [0.25, 0.3) is 0 Å². The van der Waals surface area contributed by atoms with Crippen LogP contribution in [0.3, 0.4) is 0 Å². The van der Waals surface area contributed by atoms with Gasteiger partial charge in [0.05, 0.1) is 5.84 Å². The van der Waals surface area contributed by atoms with E-state index in [2.05, 4.69) is 10.00 Å². The molecule has 1 saturated heterocycles. The van der Waals surface area contributed by atoms with E-state index in [1.807, 2.05) is 24.0 Å². The van der Waals surface area contributed by atoms with Gasteiger partial charge < -0.3 is 4.90 Å². The van der Waals surface area contributed by atoms with Gasteiger partial charge in [0, 0.05) is 44.9 Å². The lowest BCUT2D eigenvalue weighted by Crippen LogP contribution is -2.36. The number of aryl methyl sites for hydroxylation is 1. The fraction of sp³-hybridized carbons (Fsp3) is 0.636. The van der Waals surface area contributed by atoms with E-state index >= 15 is 0 Å². The fourth-order valence-electron chi connectivity index (χ4n) is 2.03. The van der Waals surface area contributed by atoms with Gasteiger partial charge in [0.1, 0.15) is 0 Å². The van der Waals surface area contributed by atoms with Gasteiger partial charge >= 0.3 is 0 Å². The second-order valence-electron chi connectivity index (χ2n) is 4.09. The van der Waals surface area contributed by atoms with Crippen molar-refractivity contribution in [2.45, 2.75) is 25.7 Å². The summed E-state index contributed by atoms with van der Waals surface area (Å²) < 4.78 is 1.91. The van der Waals surface area contributed by atoms with Gasteiger partial charge in [-0.15, -0.1) is 0 Å². The second-order valence-corrected chi connectivity index (χ2v) is 4.09. The first-order chi connectivity index (χ1) is 7.27. The Balaban J connectivity index is 1.87. The Bertz CT molecular complexity index is 342. The third-order valence-corrected chi connectivity index (χ3v) is 3.03. The summed E-state index contributed by atoms with van der Waals surface area (Å²) in [6, 6.07) is 2.05. The van der Waals surface area contributed by atoms with E-state index in [0.29, 0.717) is 0 Å². The Hall–Kier alpha value is -1.32. The molecule has 0 saturated carbocycles. The monoisotopic (exact) mass is 206 g/mol. The number of rotatable bonds is 3. The topological polar surface area (TPSA) is 44.9 Å². The van der Waals surface area contributed by atoms with Crippen LogP contribution in [0.15, 0.2) is 12.3 Å². The molecule has 1 aliphatic heterocycles. The number of amidine groups is 1. The molecule has 1 fully saturated rings. The van der Waals surface area contributed by atoms with Crippen LogP contribution in [0.25, 0.3) is 0 Å². The van der Waals surface area contributed by atoms with E-state index in [1.54, 1.807) is 0 Å². The summed E-state index contributed by atoms with van der Waals surface area (Å²) in [7, 11) is 1.97. The lowest BCUT2D eigenvalue weighted by molar-refractivity contribution is 0.367. The summed E-state index contributed by atoms with van der Waals surface area (Å²) in [6.07, 6.45) is 6.18. The Morgan fingerprint density at radius 2 is 2.33 bits per heavy atom. The third kappa shape index (κ3) is 2.37. The number of hydrogen-bond acceptors (Lipinski definition) is 2. The van der Waals surface area contributed by atoms with Gasteiger partial charge in [0.15, 0.2) is 0 Å². The molecule has 4 nitrogen and oxygen atoms in total. The van der Waals surface area contributed by atoms with Gasteiger partial charge in [-0.2, -0.15) is 5.10 Å². The predicted molar refractivity (Wildman–Crippen MR) is 60.1 cm³/mol. The van der Waals surface area contributed by atoms with E-state index in [4.69, 9.17) is 5.41 Å². The molecule has 1 aromatic heterocycles. The van der Waals surface area contributed by atoms with E-state index < -0.39 is 0 Å². The Kier molecular flexibility index (Phi) is 3.04. The van der Waals surface area contributed by atoms with Crippen LogP contribution in [0.1, 0.15) is 25.0 Å². The normalized spacial score (nSPS) is 17.1. The zero-order valence-corrected chi connectivity index (χ0v) is 9.24. The summed E-state index contributed by atoms with van der Waals surface area (Å²) in [5.41, 5.74) is 1.24. The number of nitrogens with zero attached hydrogens (tertiary/aromatic N) is 3. The molecule has 4 heteroatoms. The van der Waals surface area contributed by atoms with Crippen LogP contribution in [0.4, 0.5) is 0 Å². The molecule has 2 rings (SSSR count). The average Bonchev–Trinajstić information content (AvgIpc) is 2.63. The summed E-state index contributed by atoms with van der Waals surface area (Å²) in [4.78, 5) is 2.19. The van der Waals surface area contributed by atoms with Crippen molar-refractivity contribution < 1.29 is 0 Å². The molecule has 1 N–H and O–H groups in total. The van der Waals surface area contributed by atoms with Gasteiger partial charge in [-0.05, 0) is 18.9 Å². The van der Waals surface area contributed by atoms with Crippen molar-refractivity contribution in [3.8, 4) is 0 Å². The fourth-order valence-corrected chi connectivity index (χ4v) is 2.03. The highest BCUT2D eigenvalue weighted by atomic mass is 15.3. The molecule has 0 bridgehead atoms. The third-order valence-electron chi connectivity index (χ3n) is 3.03. The number of likely N-dealkylation sites (tertiary alicyclic amines) is 1. The Morgan fingerprint density at radius 1 is 1.47 bits per heavy atom. The molecule has 0 aromatic carbocycles. The van der Waals surface area contributed by atoms with Gasteiger partial charge in [-0.3, -0.25) is 10.1 Å². The van der Waals surface area contributed by atoms with Crippen molar-refractivity contribution in [2.75, 3.05) is 13.1 Å². The molecule has 15 heavy (non-hydrogen) atoms. The van der Waals surface area contributed by atoms with Crippen LogP contribution in [-0.4, -0.2) is 33.6 Å². The van der Waals surface area contributed by atoms with E-state index in [-0.39, 0.29) is 0 Å². The Morgan fingerprint density at radius 3 is 3.00 bits per heavy atom. The van der Waals surface area contributed by atoms with Crippen molar-refractivity contribution in [2.24, 2.45) is 7.05 Å². The standard InChI is InChI=1S/C11H18N4/c1-14-10(5-7-13-14)6-9-15-8-3-2-4-11(15)12/h5,7,12H,2-4,6,8-9H2,1H3. The minimum Gasteiger partial charge on any atom is -0.360 e. The van der Waals surface area contributed by atoms with Crippen LogP contribution in [0.5, 0.6) is 0 Å². The van der Waals surface area contributed by atoms with Gasteiger partial charge in [-0.25, -0.2) is 0 Å². The van der Waals surface area contributed by atoms with Crippen molar-refractivity contribution in [3.05, 3.63) is 18.0 Å². The first-order valence-corrected chi connectivity index (χ1v) is 5.56. The summed E-state index contributed by atoms with van der Waals surface area (Å²) >= 11 is 0. The molecule has 0 amide bonds. The molecule has 1 aromatic rings. The quantitative estimate of drug-likeness (QED) is 0.813. The highest BCUT2D eigenvalue weighted by Crippen LogP contribution is 2.11. The SMILES string of the molecule is Cn1nccc1CCN1CCCCC1=N. The predicted octanol–water partition coefficient (Wildman–Crippen LogP) is 1.43. The minimum absolute atomic E-state index is 0.809. The number of aromatic nitrogens is 2. The van der Waals surface area contributed by atoms with Crippen molar-refractivity contribution in [3.63, 3.8) is 0 Å². The van der Waals surface area contributed by atoms with Crippen LogP contribution >= 0.6 is 0 Å². The molecule has 0 atom stereocenters. The zero-order valence-electron chi connectivity index (χ0n) is 9.24. The lowest BCUT2D eigenvalue weighted by Gasteiger charge is -2.29. The molecule has 0 radical (unpaired) electrons. The van der Waals surface area contributed by atoms with Crippen LogP contribution < -0.4 is 0 Å². The maximum absolute atomic E-state index is 7.83. The number of hydrogen-bond donors (Lipinski definition) is 1. The largest absolute Gasteiger partial charge is 0.360 e. The van der Waals surface area contributed by atoms with Gasteiger partial charge in [0.2, 0.25) is 0 Å². The molecule has 0 spiro atoms. The van der Waals surface area contributed by atoms with Gasteiger partial charge in [-0.1, -0.05) is 0 Å². The number of nitrogens with one attached hydrogen (secondary N) is 1. The van der Waals surface area contributed by atoms with E-state index in [9.17, 15) is 0 Å². The summed E-state index contributed by atoms with van der Waals surface area (Å²) in [6.45, 7) is 2.01. The van der Waals surface area contributed by atoms with Crippen molar-refractivity contribution in [1.82, 2.24) is 14.7 Å². The molecular weight excluding hydrogens is 188 g/mol. The minimum atomic E-state index is 0.809. The Labute approximate surface area is 90.4 Å². The highest BCUT2D eigenvalue weighted by Gasteiger charge is 2.14. The average molecular weight is 206 g/mol. The molecule has 1 aliphatic rings. The molecule has 82 valence electrons. The van der Waals surface area contributed by atoms with Crippen LogP contribution in [-0.2, 0) is 13.5 Å². The first-order valence-electron chi connectivity index (χ1n) is 5.56. The molecule has 2 heterocycles. The van der Waals surface area contributed by atoms with Crippen molar-refractivity contribution >= 4 is 5.84 Å². The lowest BCUT2D eigenvalue weighted by atomic mass is 10.1. The summed E-state index contributed by atoms with van der Waals surface area (Å²) in [5.74, 6) is 0.809. The maximum Gasteiger partial charge on any atom is 0.0957 e. The zero-order chi connectivity index (χ0) is 10.7. The molecule has 0 aliphatic carbocycles. The van der Waals surface area contributed by atoms with Crippen LogP contribution in [0, 0.1) is 5.41 Å². The van der Waals surface area contributed by atoms with E-state index in [1.165, 1.54) is 18.5 Å². The highest BCUT2D eigenvalue weighted by molar-refractivity contribution is 5.79. The first kappa shape index (κ1) is 10.2. The van der Waals surface area contributed by atoms with E-state index in [0.717, 1.165) is 31.8 Å². The maximum atomic E-state index is 7.83.